The van der Waals surface area contributed by atoms with E-state index in [1.54, 1.807) is 13.8 Å². The van der Waals surface area contributed by atoms with Crippen molar-refractivity contribution in [2.24, 2.45) is 0 Å². The number of carbonyl (C=O) groups is 1. The summed E-state index contributed by atoms with van der Waals surface area (Å²) >= 11 is 0. The van der Waals surface area contributed by atoms with Crippen molar-refractivity contribution in [3.8, 4) is 5.75 Å². The molecule has 0 spiro atoms. The molecule has 0 atom stereocenters. The lowest BCUT2D eigenvalue weighted by molar-refractivity contribution is -0.619. The SMILES string of the molecule is CCCOc1c(C)c(C)[n+]([O-])c(C)c1C(=O)Nc1c(CC)cccc1CC. The van der Waals surface area contributed by atoms with Crippen LogP contribution >= 0.6 is 0 Å². The number of carbonyl (C=O) groups excluding carboxylic acids is 1. The van der Waals surface area contributed by atoms with Crippen LogP contribution in [0.3, 0.4) is 0 Å². The van der Waals surface area contributed by atoms with Crippen LogP contribution < -0.4 is 14.8 Å². The third kappa shape index (κ3) is 4.07. The van der Waals surface area contributed by atoms with E-state index >= 15 is 0 Å². The summed E-state index contributed by atoms with van der Waals surface area (Å²) in [6.07, 6.45) is 2.45. The Kier molecular flexibility index (Phi) is 6.83. The summed E-state index contributed by atoms with van der Waals surface area (Å²) in [4.78, 5) is 13.2. The van der Waals surface area contributed by atoms with E-state index in [2.05, 4.69) is 19.2 Å². The van der Waals surface area contributed by atoms with Gasteiger partial charge in [-0.1, -0.05) is 39.0 Å². The average molecular weight is 370 g/mol. The largest absolute Gasteiger partial charge is 0.618 e. The van der Waals surface area contributed by atoms with E-state index in [4.69, 9.17) is 4.74 Å². The Bertz CT molecular complexity index is 822. The number of aromatic nitrogens is 1. The quantitative estimate of drug-likeness (QED) is 0.580. The minimum Gasteiger partial charge on any atom is -0.618 e. The molecule has 0 saturated carbocycles. The molecule has 1 N–H and O–H groups in total. The fraction of sp³-hybridized carbons (Fsp3) is 0.455. The number of hydrogen-bond acceptors (Lipinski definition) is 3. The smallest absolute Gasteiger partial charge is 0.265 e. The molecular weight excluding hydrogens is 340 g/mol. The van der Waals surface area contributed by atoms with Gasteiger partial charge in [-0.2, -0.15) is 4.73 Å². The van der Waals surface area contributed by atoms with Crippen molar-refractivity contribution < 1.29 is 14.3 Å². The minimum absolute atomic E-state index is 0.304. The van der Waals surface area contributed by atoms with E-state index in [0.717, 1.165) is 40.8 Å². The van der Waals surface area contributed by atoms with Gasteiger partial charge in [-0.3, -0.25) is 4.79 Å². The topological polar surface area (TPSA) is 65.3 Å². The van der Waals surface area contributed by atoms with Gasteiger partial charge < -0.3 is 15.3 Å². The Morgan fingerprint density at radius 1 is 1.07 bits per heavy atom. The van der Waals surface area contributed by atoms with Crippen LogP contribution in [0.5, 0.6) is 5.75 Å². The van der Waals surface area contributed by atoms with Crippen LogP contribution in [0, 0.1) is 26.0 Å². The summed E-state index contributed by atoms with van der Waals surface area (Å²) in [5.41, 5.74) is 4.92. The highest BCUT2D eigenvalue weighted by Gasteiger charge is 2.28. The van der Waals surface area contributed by atoms with Crippen molar-refractivity contribution in [2.45, 2.75) is 60.8 Å². The molecule has 0 aliphatic heterocycles. The first-order valence-corrected chi connectivity index (χ1v) is 9.65. The molecule has 1 aromatic carbocycles. The first kappa shape index (κ1) is 20.7. The van der Waals surface area contributed by atoms with Crippen LogP contribution in [0.15, 0.2) is 18.2 Å². The first-order chi connectivity index (χ1) is 12.9. The maximum atomic E-state index is 13.2. The normalized spacial score (nSPS) is 10.7. The fourth-order valence-electron chi connectivity index (χ4n) is 3.25. The molecule has 0 unspecified atom stereocenters. The van der Waals surface area contributed by atoms with Gasteiger partial charge in [0.1, 0.15) is 11.3 Å². The molecule has 146 valence electrons. The predicted molar refractivity (Wildman–Crippen MR) is 109 cm³/mol. The van der Waals surface area contributed by atoms with E-state index in [1.165, 1.54) is 0 Å². The van der Waals surface area contributed by atoms with Crippen molar-refractivity contribution >= 4 is 11.6 Å². The molecule has 0 fully saturated rings. The zero-order chi connectivity index (χ0) is 20.1. The molecule has 1 amide bonds. The maximum absolute atomic E-state index is 13.2. The number of nitrogens with zero attached hydrogens (tertiary/aromatic N) is 1. The van der Waals surface area contributed by atoms with Gasteiger partial charge in [0.2, 0.25) is 5.69 Å². The van der Waals surface area contributed by atoms with Crippen LogP contribution in [-0.2, 0) is 12.8 Å². The Balaban J connectivity index is 2.57. The van der Waals surface area contributed by atoms with Crippen molar-refractivity contribution in [1.29, 1.82) is 0 Å². The zero-order valence-electron chi connectivity index (χ0n) is 17.2. The monoisotopic (exact) mass is 370 g/mol. The number of ether oxygens (including phenoxy) is 1. The molecule has 1 aromatic heterocycles. The number of anilines is 1. The maximum Gasteiger partial charge on any atom is 0.265 e. The van der Waals surface area contributed by atoms with Crippen molar-refractivity contribution in [2.75, 3.05) is 11.9 Å². The lowest BCUT2D eigenvalue weighted by atomic mass is 10.0. The van der Waals surface area contributed by atoms with Gasteiger partial charge in [0, 0.05) is 19.5 Å². The Labute approximate surface area is 162 Å². The summed E-state index contributed by atoms with van der Waals surface area (Å²) in [6.45, 7) is 11.9. The van der Waals surface area contributed by atoms with E-state index in [-0.39, 0.29) is 5.91 Å². The Morgan fingerprint density at radius 3 is 2.19 bits per heavy atom. The summed E-state index contributed by atoms with van der Waals surface area (Å²) in [5, 5.41) is 15.6. The second-order valence-corrected chi connectivity index (χ2v) is 6.76. The van der Waals surface area contributed by atoms with Gasteiger partial charge in [0.25, 0.3) is 5.91 Å². The molecule has 27 heavy (non-hydrogen) atoms. The molecule has 5 nitrogen and oxygen atoms in total. The summed E-state index contributed by atoms with van der Waals surface area (Å²) in [5.74, 6) is 0.199. The fourth-order valence-corrected chi connectivity index (χ4v) is 3.25. The van der Waals surface area contributed by atoms with Gasteiger partial charge >= 0.3 is 0 Å². The Morgan fingerprint density at radius 2 is 1.67 bits per heavy atom. The molecule has 0 aliphatic carbocycles. The van der Waals surface area contributed by atoms with Gasteiger partial charge in [0.05, 0.1) is 12.2 Å². The molecule has 0 aliphatic rings. The van der Waals surface area contributed by atoms with E-state index in [9.17, 15) is 10.0 Å². The summed E-state index contributed by atoms with van der Waals surface area (Å²) in [7, 11) is 0. The minimum atomic E-state index is -0.304. The number of para-hydroxylation sites is 1. The summed E-state index contributed by atoms with van der Waals surface area (Å²) < 4.78 is 6.71. The third-order valence-electron chi connectivity index (χ3n) is 5.00. The van der Waals surface area contributed by atoms with Crippen LogP contribution in [0.2, 0.25) is 0 Å². The number of pyridine rings is 1. The number of nitrogens with one attached hydrogen (secondary N) is 1. The molecular formula is C22H30N2O3. The van der Waals surface area contributed by atoms with Gasteiger partial charge in [-0.15, -0.1) is 0 Å². The van der Waals surface area contributed by atoms with Gasteiger partial charge in [-0.05, 0) is 37.3 Å². The lowest BCUT2D eigenvalue weighted by Gasteiger charge is -2.19. The lowest BCUT2D eigenvalue weighted by Crippen LogP contribution is -2.38. The second kappa shape index (κ2) is 8.89. The highest BCUT2D eigenvalue weighted by molar-refractivity contribution is 6.07. The molecule has 1 heterocycles. The average Bonchev–Trinajstić information content (AvgIpc) is 2.67. The van der Waals surface area contributed by atoms with Gasteiger partial charge in [0.15, 0.2) is 5.69 Å². The van der Waals surface area contributed by atoms with Crippen LogP contribution in [0.25, 0.3) is 0 Å². The molecule has 0 radical (unpaired) electrons. The zero-order valence-corrected chi connectivity index (χ0v) is 17.2. The molecule has 2 aromatic rings. The number of aryl methyl sites for hydroxylation is 2. The number of hydrogen-bond donors (Lipinski definition) is 1. The van der Waals surface area contributed by atoms with Crippen molar-refractivity contribution in [3.05, 3.63) is 57.0 Å². The van der Waals surface area contributed by atoms with E-state index < -0.39 is 0 Å². The highest BCUT2D eigenvalue weighted by Crippen LogP contribution is 2.29. The number of rotatable bonds is 7. The first-order valence-electron chi connectivity index (χ1n) is 9.65. The summed E-state index contributed by atoms with van der Waals surface area (Å²) in [6, 6.07) is 6.05. The third-order valence-corrected chi connectivity index (χ3v) is 5.00. The standard InChI is InChI=1S/C22H30N2O3/c1-7-13-27-21-14(4)15(5)24(26)16(6)19(21)22(25)23-20-17(8-2)11-10-12-18(20)9-3/h10-12H,7-9,13H2,1-6H3,(H,23,25). The second-order valence-electron chi connectivity index (χ2n) is 6.76. The predicted octanol–water partition coefficient (Wildman–Crippen LogP) is 4.41. The van der Waals surface area contributed by atoms with Crippen LogP contribution in [0.1, 0.15) is 65.6 Å². The van der Waals surface area contributed by atoms with Crippen LogP contribution in [0.4, 0.5) is 5.69 Å². The molecule has 2 rings (SSSR count). The van der Waals surface area contributed by atoms with E-state index in [0.29, 0.717) is 34.9 Å². The van der Waals surface area contributed by atoms with E-state index in [1.807, 2.05) is 32.0 Å². The molecule has 0 bridgehead atoms. The van der Waals surface area contributed by atoms with Gasteiger partial charge in [-0.25, -0.2) is 0 Å². The van der Waals surface area contributed by atoms with Crippen molar-refractivity contribution in [3.63, 3.8) is 0 Å². The number of benzene rings is 1. The van der Waals surface area contributed by atoms with Crippen molar-refractivity contribution in [1.82, 2.24) is 0 Å². The van der Waals surface area contributed by atoms with Crippen LogP contribution in [-0.4, -0.2) is 12.5 Å². The highest BCUT2D eigenvalue weighted by atomic mass is 16.5. The Hall–Kier alpha value is -2.56. The molecule has 0 saturated heterocycles. The number of amides is 1. The molecule has 5 heteroatoms.